The molecule has 78 valence electrons. The highest BCUT2D eigenvalue weighted by Gasteiger charge is 1.96. The van der Waals surface area contributed by atoms with Crippen molar-refractivity contribution in [2.24, 2.45) is 0 Å². The number of rotatable bonds is 3. The van der Waals surface area contributed by atoms with Gasteiger partial charge in [-0.1, -0.05) is 35.9 Å². The number of carbonyl (C=O) groups excluding carboxylic acids is 1. The lowest BCUT2D eigenvalue weighted by Gasteiger charge is -1.94. The van der Waals surface area contributed by atoms with E-state index in [4.69, 9.17) is 11.6 Å². The van der Waals surface area contributed by atoms with Crippen LogP contribution in [-0.4, -0.2) is 5.78 Å². The largest absolute Gasteiger partial charge is 0.290 e. The minimum absolute atomic E-state index is 0.0347. The topological polar surface area (TPSA) is 17.1 Å². The van der Waals surface area contributed by atoms with Crippen LogP contribution < -0.4 is 0 Å². The molecule has 0 saturated carbocycles. The lowest BCUT2D eigenvalue weighted by Crippen LogP contribution is -1.92. The molecule has 2 heteroatoms. The summed E-state index contributed by atoms with van der Waals surface area (Å²) in [6.07, 6.45) is 5.15. The van der Waals surface area contributed by atoms with Gasteiger partial charge in [-0.25, -0.2) is 0 Å². The summed E-state index contributed by atoms with van der Waals surface area (Å²) in [6, 6.07) is 7.34. The van der Waals surface area contributed by atoms with Crippen molar-refractivity contribution in [3.05, 3.63) is 52.6 Å². The molecular weight excluding hydrogens is 208 g/mol. The monoisotopic (exact) mass is 220 g/mol. The summed E-state index contributed by atoms with van der Waals surface area (Å²) >= 11 is 5.75. The van der Waals surface area contributed by atoms with Crippen LogP contribution in [0, 0.1) is 0 Å². The number of hydrogen-bond acceptors (Lipinski definition) is 1. The van der Waals surface area contributed by atoms with E-state index in [1.165, 1.54) is 0 Å². The average Bonchev–Trinajstić information content (AvgIpc) is 2.26. The first kappa shape index (κ1) is 11.7. The molecule has 0 atom stereocenters. The fraction of sp³-hybridized carbons (Fsp3) is 0.154. The molecule has 0 radical (unpaired) electrons. The van der Waals surface area contributed by atoms with Gasteiger partial charge in [-0.2, -0.15) is 0 Å². The second-order valence-electron chi connectivity index (χ2n) is 3.22. The summed E-state index contributed by atoms with van der Waals surface area (Å²) in [7, 11) is 0. The van der Waals surface area contributed by atoms with Gasteiger partial charge in [-0.3, -0.25) is 4.79 Å². The second kappa shape index (κ2) is 5.52. The van der Waals surface area contributed by atoms with Gasteiger partial charge in [-0.05, 0) is 43.2 Å². The Morgan fingerprint density at radius 1 is 1.27 bits per heavy atom. The molecule has 0 N–H and O–H groups in total. The first-order valence-corrected chi connectivity index (χ1v) is 5.12. The third kappa shape index (κ3) is 3.72. The summed E-state index contributed by atoms with van der Waals surface area (Å²) in [5.74, 6) is 0.0347. The number of ketones is 1. The Balaban J connectivity index is 2.74. The molecule has 1 aromatic rings. The molecule has 0 aromatic heterocycles. The lowest BCUT2D eigenvalue weighted by molar-refractivity contribution is -0.111. The maximum Gasteiger partial charge on any atom is 0.181 e. The van der Waals surface area contributed by atoms with E-state index in [0.29, 0.717) is 5.02 Å². The van der Waals surface area contributed by atoms with Crippen molar-refractivity contribution < 1.29 is 4.79 Å². The minimum Gasteiger partial charge on any atom is -0.290 e. The van der Waals surface area contributed by atoms with Crippen LogP contribution in [0.25, 0.3) is 6.08 Å². The average molecular weight is 221 g/mol. The molecule has 0 aliphatic carbocycles. The molecular formula is C13H13ClO. The molecule has 1 rings (SSSR count). The zero-order chi connectivity index (χ0) is 11.3. The zero-order valence-electron chi connectivity index (χ0n) is 8.83. The van der Waals surface area contributed by atoms with Crippen LogP contribution in [-0.2, 0) is 4.79 Å². The van der Waals surface area contributed by atoms with Crippen LogP contribution in [0.4, 0.5) is 0 Å². The fourth-order valence-corrected chi connectivity index (χ4v) is 1.15. The lowest BCUT2D eigenvalue weighted by atomic mass is 10.1. The molecule has 1 aromatic carbocycles. The summed E-state index contributed by atoms with van der Waals surface area (Å²) in [5.41, 5.74) is 1.72. The highest BCUT2D eigenvalue weighted by atomic mass is 35.5. The number of halogens is 1. The van der Waals surface area contributed by atoms with Crippen molar-refractivity contribution in [2.45, 2.75) is 13.8 Å². The predicted molar refractivity (Wildman–Crippen MR) is 64.9 cm³/mol. The number of hydrogen-bond donors (Lipinski definition) is 0. The van der Waals surface area contributed by atoms with Crippen molar-refractivity contribution in [1.82, 2.24) is 0 Å². The molecule has 0 amide bonds. The Kier molecular flexibility index (Phi) is 4.32. The molecule has 15 heavy (non-hydrogen) atoms. The van der Waals surface area contributed by atoms with E-state index in [1.807, 2.05) is 19.1 Å². The van der Waals surface area contributed by atoms with Gasteiger partial charge in [0, 0.05) is 5.02 Å². The standard InChI is InChI=1S/C13H13ClO/c1-3-10(2)13(15)9-6-11-4-7-12(14)8-5-11/h3-9H,1-2H3. The first-order valence-electron chi connectivity index (χ1n) is 4.74. The van der Waals surface area contributed by atoms with Crippen LogP contribution >= 0.6 is 11.6 Å². The SMILES string of the molecule is CC=C(C)C(=O)C=Cc1ccc(Cl)cc1. The maximum absolute atomic E-state index is 11.4. The fourth-order valence-electron chi connectivity index (χ4n) is 1.02. The van der Waals surface area contributed by atoms with Gasteiger partial charge < -0.3 is 0 Å². The van der Waals surface area contributed by atoms with E-state index in [2.05, 4.69) is 0 Å². The Hall–Kier alpha value is -1.34. The van der Waals surface area contributed by atoms with Crippen LogP contribution in [0.15, 0.2) is 42.0 Å². The third-order valence-corrected chi connectivity index (χ3v) is 2.37. The van der Waals surface area contributed by atoms with Crippen LogP contribution in [0.2, 0.25) is 5.02 Å². The normalized spacial score (nSPS) is 12.1. The van der Waals surface area contributed by atoms with Gasteiger partial charge in [0.2, 0.25) is 0 Å². The quantitative estimate of drug-likeness (QED) is 0.707. The van der Waals surface area contributed by atoms with E-state index in [1.54, 1.807) is 37.3 Å². The van der Waals surface area contributed by atoms with E-state index in [-0.39, 0.29) is 5.78 Å². The Bertz CT molecular complexity index is 399. The van der Waals surface area contributed by atoms with Gasteiger partial charge in [0.25, 0.3) is 0 Å². The Labute approximate surface area is 95.1 Å². The molecule has 0 aliphatic rings. The van der Waals surface area contributed by atoms with Gasteiger partial charge in [0.15, 0.2) is 5.78 Å². The molecule has 0 bridgehead atoms. The van der Waals surface area contributed by atoms with Crippen LogP contribution in [0.3, 0.4) is 0 Å². The molecule has 0 fully saturated rings. The number of carbonyl (C=O) groups is 1. The van der Waals surface area contributed by atoms with E-state index >= 15 is 0 Å². The molecule has 0 unspecified atom stereocenters. The summed E-state index contributed by atoms with van der Waals surface area (Å²) < 4.78 is 0. The van der Waals surface area contributed by atoms with Gasteiger partial charge in [0.1, 0.15) is 0 Å². The van der Waals surface area contributed by atoms with Crippen molar-refractivity contribution in [3.8, 4) is 0 Å². The van der Waals surface area contributed by atoms with E-state index in [0.717, 1.165) is 11.1 Å². The van der Waals surface area contributed by atoms with Crippen molar-refractivity contribution in [1.29, 1.82) is 0 Å². The van der Waals surface area contributed by atoms with Gasteiger partial charge in [-0.15, -0.1) is 0 Å². The van der Waals surface area contributed by atoms with Gasteiger partial charge >= 0.3 is 0 Å². The smallest absolute Gasteiger partial charge is 0.181 e. The summed E-state index contributed by atoms with van der Waals surface area (Å²) in [6.45, 7) is 3.65. The summed E-state index contributed by atoms with van der Waals surface area (Å²) in [4.78, 5) is 11.4. The molecule has 0 heterocycles. The Morgan fingerprint density at radius 3 is 2.40 bits per heavy atom. The minimum atomic E-state index is 0.0347. The Morgan fingerprint density at radius 2 is 1.87 bits per heavy atom. The molecule has 0 aliphatic heterocycles. The molecule has 0 saturated heterocycles. The maximum atomic E-state index is 11.4. The second-order valence-corrected chi connectivity index (χ2v) is 3.66. The van der Waals surface area contributed by atoms with Gasteiger partial charge in [0.05, 0.1) is 0 Å². The predicted octanol–water partition coefficient (Wildman–Crippen LogP) is 3.89. The molecule has 0 spiro atoms. The molecule has 1 nitrogen and oxygen atoms in total. The highest BCUT2D eigenvalue weighted by molar-refractivity contribution is 6.30. The third-order valence-electron chi connectivity index (χ3n) is 2.12. The zero-order valence-corrected chi connectivity index (χ0v) is 9.58. The number of benzene rings is 1. The van der Waals surface area contributed by atoms with Crippen LogP contribution in [0.5, 0.6) is 0 Å². The highest BCUT2D eigenvalue weighted by Crippen LogP contribution is 2.11. The van der Waals surface area contributed by atoms with Crippen molar-refractivity contribution >= 4 is 23.5 Å². The summed E-state index contributed by atoms with van der Waals surface area (Å²) in [5, 5.41) is 0.697. The number of allylic oxidation sites excluding steroid dienone is 3. The van der Waals surface area contributed by atoms with Crippen LogP contribution in [0.1, 0.15) is 19.4 Å². The first-order chi connectivity index (χ1) is 7.13. The van der Waals surface area contributed by atoms with Crippen molar-refractivity contribution in [2.75, 3.05) is 0 Å². The van der Waals surface area contributed by atoms with E-state index in [9.17, 15) is 4.79 Å². The van der Waals surface area contributed by atoms with Crippen molar-refractivity contribution in [3.63, 3.8) is 0 Å². The van der Waals surface area contributed by atoms with E-state index < -0.39 is 0 Å².